The zero-order valence-electron chi connectivity index (χ0n) is 9.01. The van der Waals surface area contributed by atoms with Crippen LogP contribution in [-0.2, 0) is 0 Å². The van der Waals surface area contributed by atoms with Crippen LogP contribution in [-0.4, -0.2) is 23.6 Å². The predicted molar refractivity (Wildman–Crippen MR) is 62.5 cm³/mol. The van der Waals surface area contributed by atoms with E-state index >= 15 is 0 Å². The Morgan fingerprint density at radius 1 is 1.31 bits per heavy atom. The summed E-state index contributed by atoms with van der Waals surface area (Å²) in [4.78, 5) is 0. The smallest absolute Gasteiger partial charge is 0.00670 e. The molecule has 13 heavy (non-hydrogen) atoms. The van der Waals surface area contributed by atoms with E-state index in [-0.39, 0.29) is 0 Å². The van der Waals surface area contributed by atoms with Crippen molar-refractivity contribution in [1.29, 1.82) is 0 Å². The van der Waals surface area contributed by atoms with Gasteiger partial charge in [0.05, 0.1) is 0 Å². The van der Waals surface area contributed by atoms with Gasteiger partial charge in [0.15, 0.2) is 0 Å². The molecule has 0 aromatic carbocycles. The lowest BCUT2D eigenvalue weighted by Crippen LogP contribution is -2.27. The summed E-state index contributed by atoms with van der Waals surface area (Å²) in [6, 6.07) is 0.851. The molecule has 0 spiro atoms. The van der Waals surface area contributed by atoms with Crippen LogP contribution < -0.4 is 5.32 Å². The largest absolute Gasteiger partial charge is 0.314 e. The molecular formula is C11H23NS. The average molecular weight is 201 g/mol. The summed E-state index contributed by atoms with van der Waals surface area (Å²) in [5.41, 5.74) is 0. The van der Waals surface area contributed by atoms with E-state index in [1.54, 1.807) is 0 Å². The van der Waals surface area contributed by atoms with Gasteiger partial charge in [-0.3, -0.25) is 0 Å². The molecule has 78 valence electrons. The fourth-order valence-electron chi connectivity index (χ4n) is 1.83. The molecule has 0 unspecified atom stereocenters. The predicted octanol–water partition coefficient (Wildman–Crippen LogP) is 3.05. The van der Waals surface area contributed by atoms with E-state index in [9.17, 15) is 0 Å². The van der Waals surface area contributed by atoms with Crippen molar-refractivity contribution in [2.24, 2.45) is 0 Å². The zero-order valence-corrected chi connectivity index (χ0v) is 9.83. The van der Waals surface area contributed by atoms with Crippen LogP contribution in [0.15, 0.2) is 0 Å². The van der Waals surface area contributed by atoms with E-state index in [0.717, 1.165) is 11.3 Å². The van der Waals surface area contributed by atoms with Crippen LogP contribution in [0.1, 0.15) is 46.0 Å². The second kappa shape index (κ2) is 6.72. The van der Waals surface area contributed by atoms with Gasteiger partial charge in [-0.2, -0.15) is 11.8 Å². The molecule has 1 saturated carbocycles. The Morgan fingerprint density at radius 3 is 2.62 bits per heavy atom. The highest BCUT2D eigenvalue weighted by Gasteiger charge is 2.12. The molecule has 0 aromatic heterocycles. The lowest BCUT2D eigenvalue weighted by atomic mass is 10.2. The molecule has 0 aliphatic heterocycles. The molecule has 1 N–H and O–H groups in total. The molecule has 0 radical (unpaired) electrons. The van der Waals surface area contributed by atoms with Gasteiger partial charge in [0.25, 0.3) is 0 Å². The lowest BCUT2D eigenvalue weighted by molar-refractivity contribution is 0.524. The fraction of sp³-hybridized carbons (Fsp3) is 1.00. The Morgan fingerprint density at radius 2 is 2.00 bits per heavy atom. The van der Waals surface area contributed by atoms with E-state index in [4.69, 9.17) is 0 Å². The van der Waals surface area contributed by atoms with Crippen LogP contribution in [0.2, 0.25) is 0 Å². The highest BCUT2D eigenvalue weighted by atomic mass is 32.2. The van der Waals surface area contributed by atoms with Gasteiger partial charge in [0, 0.05) is 6.04 Å². The van der Waals surface area contributed by atoms with Crippen molar-refractivity contribution < 1.29 is 0 Å². The maximum atomic E-state index is 3.64. The SMILES string of the molecule is CC(C)SCCCNC1CCCC1. The minimum atomic E-state index is 0.798. The van der Waals surface area contributed by atoms with Crippen LogP contribution in [0.3, 0.4) is 0 Å². The first-order valence-electron chi connectivity index (χ1n) is 5.64. The van der Waals surface area contributed by atoms with Crippen molar-refractivity contribution >= 4 is 11.8 Å². The second-order valence-corrected chi connectivity index (χ2v) is 5.89. The van der Waals surface area contributed by atoms with Gasteiger partial charge in [0.1, 0.15) is 0 Å². The molecule has 0 aromatic rings. The molecule has 0 bridgehead atoms. The third-order valence-electron chi connectivity index (χ3n) is 2.56. The second-order valence-electron chi connectivity index (χ2n) is 4.21. The highest BCUT2D eigenvalue weighted by molar-refractivity contribution is 7.99. The Kier molecular flexibility index (Phi) is 5.88. The summed E-state index contributed by atoms with van der Waals surface area (Å²) in [6.07, 6.45) is 7.05. The number of nitrogens with one attached hydrogen (secondary N) is 1. The van der Waals surface area contributed by atoms with Crippen molar-refractivity contribution in [3.8, 4) is 0 Å². The van der Waals surface area contributed by atoms with Gasteiger partial charge < -0.3 is 5.32 Å². The normalized spacial score (nSPS) is 18.7. The van der Waals surface area contributed by atoms with Gasteiger partial charge in [-0.25, -0.2) is 0 Å². The first kappa shape index (κ1) is 11.4. The maximum absolute atomic E-state index is 3.64. The first-order chi connectivity index (χ1) is 6.29. The molecule has 1 aliphatic rings. The number of hydrogen-bond donors (Lipinski definition) is 1. The summed E-state index contributed by atoms with van der Waals surface area (Å²) in [6.45, 7) is 5.77. The topological polar surface area (TPSA) is 12.0 Å². The van der Waals surface area contributed by atoms with Crippen molar-refractivity contribution in [3.05, 3.63) is 0 Å². The van der Waals surface area contributed by atoms with Crippen molar-refractivity contribution in [2.75, 3.05) is 12.3 Å². The molecule has 0 heterocycles. The number of thioether (sulfide) groups is 1. The summed E-state index contributed by atoms with van der Waals surface area (Å²) in [5, 5.41) is 4.44. The third kappa shape index (κ3) is 5.58. The molecule has 0 amide bonds. The van der Waals surface area contributed by atoms with Crippen LogP contribution >= 0.6 is 11.8 Å². The number of hydrogen-bond acceptors (Lipinski definition) is 2. The maximum Gasteiger partial charge on any atom is 0.00670 e. The monoisotopic (exact) mass is 201 g/mol. The van der Waals surface area contributed by atoms with Crippen LogP contribution in [0.25, 0.3) is 0 Å². The summed E-state index contributed by atoms with van der Waals surface area (Å²) < 4.78 is 0. The Balaban J connectivity index is 1.83. The highest BCUT2D eigenvalue weighted by Crippen LogP contribution is 2.17. The molecule has 1 nitrogen and oxygen atoms in total. The molecule has 0 saturated heterocycles. The van der Waals surface area contributed by atoms with Crippen LogP contribution in [0.4, 0.5) is 0 Å². The van der Waals surface area contributed by atoms with Gasteiger partial charge in [-0.15, -0.1) is 0 Å². The average Bonchev–Trinajstić information content (AvgIpc) is 2.55. The quantitative estimate of drug-likeness (QED) is 0.663. The van der Waals surface area contributed by atoms with Gasteiger partial charge >= 0.3 is 0 Å². The van der Waals surface area contributed by atoms with E-state index in [1.165, 1.54) is 44.4 Å². The molecule has 0 atom stereocenters. The minimum absolute atomic E-state index is 0.798. The van der Waals surface area contributed by atoms with E-state index < -0.39 is 0 Å². The first-order valence-corrected chi connectivity index (χ1v) is 6.69. The van der Waals surface area contributed by atoms with Gasteiger partial charge in [0.2, 0.25) is 0 Å². The molecular weight excluding hydrogens is 178 g/mol. The Labute approximate surface area is 87.1 Å². The summed E-state index contributed by atoms with van der Waals surface area (Å²) in [5.74, 6) is 1.32. The molecule has 1 fully saturated rings. The van der Waals surface area contributed by atoms with E-state index in [2.05, 4.69) is 30.9 Å². The Bertz CT molecular complexity index is 119. The molecule has 2 heteroatoms. The minimum Gasteiger partial charge on any atom is -0.314 e. The lowest BCUT2D eigenvalue weighted by Gasteiger charge is -2.11. The van der Waals surface area contributed by atoms with E-state index in [0.29, 0.717) is 0 Å². The third-order valence-corrected chi connectivity index (χ3v) is 3.75. The Hall–Kier alpha value is 0.310. The zero-order chi connectivity index (χ0) is 9.52. The summed E-state index contributed by atoms with van der Waals surface area (Å²) in [7, 11) is 0. The molecule has 1 aliphatic carbocycles. The van der Waals surface area contributed by atoms with Crippen molar-refractivity contribution in [1.82, 2.24) is 5.32 Å². The summed E-state index contributed by atoms with van der Waals surface area (Å²) >= 11 is 2.07. The standard InChI is InChI=1S/C11H23NS/c1-10(2)13-9-5-8-12-11-6-3-4-7-11/h10-12H,3-9H2,1-2H3. The van der Waals surface area contributed by atoms with Crippen molar-refractivity contribution in [3.63, 3.8) is 0 Å². The van der Waals surface area contributed by atoms with Gasteiger partial charge in [-0.05, 0) is 36.8 Å². The van der Waals surface area contributed by atoms with Crippen molar-refractivity contribution in [2.45, 2.75) is 57.2 Å². The fourth-order valence-corrected chi connectivity index (χ4v) is 2.61. The van der Waals surface area contributed by atoms with E-state index in [1.807, 2.05) is 0 Å². The van der Waals surface area contributed by atoms with Crippen LogP contribution in [0, 0.1) is 0 Å². The van der Waals surface area contributed by atoms with Gasteiger partial charge in [-0.1, -0.05) is 26.7 Å². The van der Waals surface area contributed by atoms with Crippen LogP contribution in [0.5, 0.6) is 0 Å². The number of rotatable bonds is 6. The molecule has 1 rings (SSSR count).